The fourth-order valence-electron chi connectivity index (χ4n) is 0.204. The highest BCUT2D eigenvalue weighted by molar-refractivity contribution is 7.79. The average molecular weight is 212 g/mol. The van der Waals surface area contributed by atoms with Gasteiger partial charge in [0.2, 0.25) is 0 Å². The second-order valence-corrected chi connectivity index (χ2v) is 2.71. The SMILES string of the molecule is CC#N.CCCCN.O=S(=O)(O)O. The van der Waals surface area contributed by atoms with Crippen LogP contribution in [0, 0.1) is 11.3 Å². The summed E-state index contributed by atoms with van der Waals surface area (Å²) in [5.74, 6) is 0. The van der Waals surface area contributed by atoms with Crippen molar-refractivity contribution in [1.82, 2.24) is 0 Å². The smallest absolute Gasteiger partial charge is 0.330 e. The molecule has 80 valence electrons. The van der Waals surface area contributed by atoms with Crippen LogP contribution in [0.15, 0.2) is 0 Å². The van der Waals surface area contributed by atoms with Gasteiger partial charge in [0.1, 0.15) is 0 Å². The monoisotopic (exact) mass is 212 g/mol. The molecule has 13 heavy (non-hydrogen) atoms. The first-order chi connectivity index (χ1) is 5.83. The summed E-state index contributed by atoms with van der Waals surface area (Å²) in [5, 5.41) is 7.32. The first-order valence-electron chi connectivity index (χ1n) is 3.54. The quantitative estimate of drug-likeness (QED) is 0.576. The Bertz CT molecular complexity index is 197. The molecule has 0 aromatic carbocycles. The van der Waals surface area contributed by atoms with Crippen molar-refractivity contribution in [1.29, 1.82) is 5.26 Å². The molecule has 0 spiro atoms. The number of hydrogen-bond donors (Lipinski definition) is 3. The summed E-state index contributed by atoms with van der Waals surface area (Å²) in [4.78, 5) is 0. The van der Waals surface area contributed by atoms with E-state index in [9.17, 15) is 0 Å². The van der Waals surface area contributed by atoms with E-state index < -0.39 is 10.4 Å². The van der Waals surface area contributed by atoms with Crippen LogP contribution in [0.3, 0.4) is 0 Å². The number of rotatable bonds is 2. The van der Waals surface area contributed by atoms with Crippen molar-refractivity contribution in [2.24, 2.45) is 5.73 Å². The van der Waals surface area contributed by atoms with Crippen LogP contribution in [0.1, 0.15) is 26.7 Å². The summed E-state index contributed by atoms with van der Waals surface area (Å²) in [6.07, 6.45) is 2.39. The van der Waals surface area contributed by atoms with Gasteiger partial charge in [0.25, 0.3) is 0 Å². The van der Waals surface area contributed by atoms with Crippen molar-refractivity contribution in [3.8, 4) is 6.07 Å². The number of nitrogens with zero attached hydrogens (tertiary/aromatic N) is 1. The molecule has 0 rings (SSSR count). The maximum atomic E-state index is 8.74. The summed E-state index contributed by atoms with van der Waals surface area (Å²) < 4.78 is 31.6. The van der Waals surface area contributed by atoms with Gasteiger partial charge in [0.05, 0.1) is 6.07 Å². The van der Waals surface area contributed by atoms with Gasteiger partial charge in [-0.2, -0.15) is 13.7 Å². The summed E-state index contributed by atoms with van der Waals surface area (Å²) in [7, 11) is -4.67. The molecule has 0 aliphatic rings. The highest BCUT2D eigenvalue weighted by Crippen LogP contribution is 1.77. The third-order valence-corrected chi connectivity index (χ3v) is 0.558. The molecule has 4 N–H and O–H groups in total. The second-order valence-electron chi connectivity index (χ2n) is 1.81. The highest BCUT2D eigenvalue weighted by atomic mass is 32.3. The lowest BCUT2D eigenvalue weighted by Crippen LogP contribution is -1.95. The predicted octanol–water partition coefficient (Wildman–Crippen LogP) is 0.622. The molecule has 0 unspecified atom stereocenters. The van der Waals surface area contributed by atoms with Crippen LogP contribution >= 0.6 is 0 Å². The summed E-state index contributed by atoms with van der Waals surface area (Å²) in [6, 6.07) is 1.75. The van der Waals surface area contributed by atoms with Gasteiger partial charge >= 0.3 is 10.4 Å². The molecular formula is C6H16N2O4S. The van der Waals surface area contributed by atoms with E-state index in [0.29, 0.717) is 0 Å². The first kappa shape index (κ1) is 18.2. The van der Waals surface area contributed by atoms with Crippen molar-refractivity contribution in [3.05, 3.63) is 0 Å². The molecule has 7 heteroatoms. The van der Waals surface area contributed by atoms with Crippen LogP contribution in [0.4, 0.5) is 0 Å². The van der Waals surface area contributed by atoms with Gasteiger partial charge in [0, 0.05) is 6.92 Å². The fraction of sp³-hybridized carbons (Fsp3) is 0.833. The second kappa shape index (κ2) is 13.9. The molecule has 0 saturated heterocycles. The van der Waals surface area contributed by atoms with Gasteiger partial charge in [-0.1, -0.05) is 13.3 Å². The molecule has 0 atom stereocenters. The lowest BCUT2D eigenvalue weighted by Gasteiger charge is -1.80. The largest absolute Gasteiger partial charge is 0.394 e. The van der Waals surface area contributed by atoms with Gasteiger partial charge in [-0.15, -0.1) is 0 Å². The fourth-order valence-corrected chi connectivity index (χ4v) is 0.204. The third kappa shape index (κ3) is 564. The molecule has 6 nitrogen and oxygen atoms in total. The zero-order valence-electron chi connectivity index (χ0n) is 7.77. The van der Waals surface area contributed by atoms with E-state index in [1.165, 1.54) is 19.8 Å². The van der Waals surface area contributed by atoms with E-state index in [-0.39, 0.29) is 0 Å². The number of hydrogen-bond acceptors (Lipinski definition) is 4. The highest BCUT2D eigenvalue weighted by Gasteiger charge is 1.84. The topological polar surface area (TPSA) is 124 Å². The summed E-state index contributed by atoms with van der Waals surface area (Å²) in [5.41, 5.74) is 5.14. The Kier molecular flexibility index (Phi) is 19.4. The third-order valence-electron chi connectivity index (χ3n) is 0.558. The maximum absolute atomic E-state index is 8.74. The van der Waals surface area contributed by atoms with Crippen molar-refractivity contribution in [2.75, 3.05) is 6.54 Å². The molecule has 0 bridgehead atoms. The standard InChI is InChI=1S/C4H11N.C2H3N.H2O4S/c1-2-3-4-5;1-2-3;1-5(2,3)4/h2-5H2,1H3;1H3;(H2,1,2,3,4). The van der Waals surface area contributed by atoms with Crippen molar-refractivity contribution in [3.63, 3.8) is 0 Å². The van der Waals surface area contributed by atoms with E-state index in [1.807, 2.05) is 0 Å². The normalized spacial score (nSPS) is 8.31. The Morgan fingerprint density at radius 1 is 1.46 bits per heavy atom. The molecule has 0 aliphatic heterocycles. The lowest BCUT2D eigenvalue weighted by atomic mass is 10.3. The van der Waals surface area contributed by atoms with E-state index in [0.717, 1.165) is 6.54 Å². The van der Waals surface area contributed by atoms with E-state index >= 15 is 0 Å². The van der Waals surface area contributed by atoms with Crippen LogP contribution in [-0.2, 0) is 10.4 Å². The van der Waals surface area contributed by atoms with Crippen LogP contribution in [0.2, 0.25) is 0 Å². The number of nitriles is 1. The Labute approximate surface area is 78.9 Å². The maximum Gasteiger partial charge on any atom is 0.394 e. The van der Waals surface area contributed by atoms with Crippen LogP contribution < -0.4 is 5.73 Å². The molecule has 0 heterocycles. The van der Waals surface area contributed by atoms with E-state index in [2.05, 4.69) is 6.92 Å². The van der Waals surface area contributed by atoms with Gasteiger partial charge < -0.3 is 5.73 Å². The van der Waals surface area contributed by atoms with Gasteiger partial charge in [-0.3, -0.25) is 9.11 Å². The van der Waals surface area contributed by atoms with Crippen molar-refractivity contribution < 1.29 is 17.5 Å². The summed E-state index contributed by atoms with van der Waals surface area (Å²) in [6.45, 7) is 4.41. The summed E-state index contributed by atoms with van der Waals surface area (Å²) >= 11 is 0. The Morgan fingerprint density at radius 3 is 1.69 bits per heavy atom. The molecule has 0 aromatic heterocycles. The van der Waals surface area contributed by atoms with Crippen LogP contribution in [-0.4, -0.2) is 24.1 Å². The Hall–Kier alpha value is -0.680. The van der Waals surface area contributed by atoms with Crippen molar-refractivity contribution in [2.45, 2.75) is 26.7 Å². The number of nitrogens with two attached hydrogens (primary N) is 1. The Morgan fingerprint density at radius 2 is 1.69 bits per heavy atom. The van der Waals surface area contributed by atoms with E-state index in [4.69, 9.17) is 28.5 Å². The van der Waals surface area contributed by atoms with E-state index in [1.54, 1.807) is 6.07 Å². The Balaban J connectivity index is -0.000000120. The van der Waals surface area contributed by atoms with Crippen molar-refractivity contribution >= 4 is 10.4 Å². The molecule has 0 saturated carbocycles. The molecule has 0 fully saturated rings. The minimum absolute atomic E-state index is 0.844. The first-order valence-corrected chi connectivity index (χ1v) is 4.93. The number of unbranched alkanes of at least 4 members (excludes halogenated alkanes) is 1. The minimum Gasteiger partial charge on any atom is -0.330 e. The zero-order chi connectivity index (χ0) is 11.3. The molecule has 0 amide bonds. The molecular weight excluding hydrogens is 196 g/mol. The minimum atomic E-state index is -4.67. The van der Waals surface area contributed by atoms with Crippen LogP contribution in [0.5, 0.6) is 0 Å². The zero-order valence-corrected chi connectivity index (χ0v) is 8.58. The van der Waals surface area contributed by atoms with Gasteiger partial charge in [0.15, 0.2) is 0 Å². The predicted molar refractivity (Wildman–Crippen MR) is 49.4 cm³/mol. The molecule has 0 radical (unpaired) electrons. The van der Waals surface area contributed by atoms with Crippen LogP contribution in [0.25, 0.3) is 0 Å². The lowest BCUT2D eigenvalue weighted by molar-refractivity contribution is 0.381. The average Bonchev–Trinajstić information content (AvgIpc) is 1.87. The molecule has 0 aliphatic carbocycles. The van der Waals surface area contributed by atoms with Gasteiger partial charge in [-0.25, -0.2) is 0 Å². The molecule has 0 aromatic rings. The van der Waals surface area contributed by atoms with Gasteiger partial charge in [-0.05, 0) is 13.0 Å².